The van der Waals surface area contributed by atoms with Crippen LogP contribution in [0.1, 0.15) is 24.0 Å². The fraction of sp³-hybridized carbons (Fsp3) is 0.182. The number of aryl methyl sites for hydroxylation is 2. The smallest absolute Gasteiger partial charge is 0.0861 e. The van der Waals surface area contributed by atoms with Gasteiger partial charge in [0.05, 0.1) is 15.7 Å². The largest absolute Gasteiger partial charge is 0.249 e. The molecule has 1 atom stereocenters. The first-order chi connectivity index (χ1) is 12.3. The highest BCUT2D eigenvalue weighted by Crippen LogP contribution is 2.34. The minimum Gasteiger partial charge on any atom is -0.249 e. The molecular formula is C22H20OS2. The van der Waals surface area contributed by atoms with Crippen LogP contribution in [0.15, 0.2) is 92.4 Å². The van der Waals surface area contributed by atoms with Crippen LogP contribution in [0, 0.1) is 0 Å². The lowest BCUT2D eigenvalue weighted by Crippen LogP contribution is -2.04. The monoisotopic (exact) mass is 364 g/mol. The maximum atomic E-state index is 13.2. The van der Waals surface area contributed by atoms with Gasteiger partial charge in [-0.1, -0.05) is 48.2 Å². The lowest BCUT2D eigenvalue weighted by molar-refractivity contribution is 0.675. The van der Waals surface area contributed by atoms with Crippen molar-refractivity contribution in [2.75, 3.05) is 0 Å². The molecule has 1 aliphatic carbocycles. The normalized spacial score (nSPS) is 14.7. The van der Waals surface area contributed by atoms with Crippen molar-refractivity contribution in [1.82, 2.24) is 0 Å². The highest BCUT2D eigenvalue weighted by molar-refractivity contribution is 8.00. The minimum atomic E-state index is -1.15. The summed E-state index contributed by atoms with van der Waals surface area (Å²) >= 11 is 1.67. The van der Waals surface area contributed by atoms with Gasteiger partial charge in [0.1, 0.15) is 0 Å². The highest BCUT2D eigenvalue weighted by atomic mass is 32.2. The summed E-state index contributed by atoms with van der Waals surface area (Å²) in [5.74, 6) is 0. The van der Waals surface area contributed by atoms with E-state index in [9.17, 15) is 4.21 Å². The van der Waals surface area contributed by atoms with Crippen molar-refractivity contribution >= 4 is 22.6 Å². The second-order valence-corrected chi connectivity index (χ2v) is 8.83. The first-order valence-electron chi connectivity index (χ1n) is 8.67. The van der Waals surface area contributed by atoms with E-state index in [1.807, 2.05) is 42.5 Å². The zero-order valence-electron chi connectivity index (χ0n) is 14.0. The average Bonchev–Trinajstić information content (AvgIpc) is 2.68. The number of hydrogen-bond donors (Lipinski definition) is 0. The molecule has 0 fully saturated rings. The summed E-state index contributed by atoms with van der Waals surface area (Å²) < 4.78 is 13.2. The predicted octanol–water partition coefficient (Wildman–Crippen LogP) is 5.88. The molecule has 3 aromatic rings. The van der Waals surface area contributed by atoms with E-state index < -0.39 is 10.8 Å². The van der Waals surface area contributed by atoms with E-state index in [2.05, 4.69) is 30.3 Å². The van der Waals surface area contributed by atoms with E-state index in [1.54, 1.807) is 11.8 Å². The Morgan fingerprint density at radius 1 is 0.760 bits per heavy atom. The summed E-state index contributed by atoms with van der Waals surface area (Å²) in [5, 5.41) is 0. The van der Waals surface area contributed by atoms with E-state index in [-0.39, 0.29) is 0 Å². The molecule has 0 aromatic heterocycles. The summed E-state index contributed by atoms with van der Waals surface area (Å²) in [6, 6.07) is 24.7. The van der Waals surface area contributed by atoms with Crippen molar-refractivity contribution in [3.63, 3.8) is 0 Å². The summed E-state index contributed by atoms with van der Waals surface area (Å²) in [7, 11) is -1.15. The summed E-state index contributed by atoms with van der Waals surface area (Å²) in [5.41, 5.74) is 2.81. The van der Waals surface area contributed by atoms with E-state index in [0.717, 1.165) is 32.4 Å². The quantitative estimate of drug-likeness (QED) is 0.575. The molecule has 0 saturated carbocycles. The molecule has 1 unspecified atom stereocenters. The number of rotatable bonds is 4. The molecule has 0 heterocycles. The Hall–Kier alpha value is -1.84. The van der Waals surface area contributed by atoms with Crippen molar-refractivity contribution in [3.8, 4) is 0 Å². The molecule has 0 radical (unpaired) electrons. The zero-order valence-corrected chi connectivity index (χ0v) is 15.6. The van der Waals surface area contributed by atoms with Crippen LogP contribution in [0.5, 0.6) is 0 Å². The van der Waals surface area contributed by atoms with Crippen LogP contribution < -0.4 is 0 Å². The molecule has 25 heavy (non-hydrogen) atoms. The van der Waals surface area contributed by atoms with Gasteiger partial charge < -0.3 is 0 Å². The lowest BCUT2D eigenvalue weighted by Gasteiger charge is -2.17. The minimum absolute atomic E-state index is 0.895. The van der Waals surface area contributed by atoms with Crippen molar-refractivity contribution in [3.05, 3.63) is 83.9 Å². The van der Waals surface area contributed by atoms with Gasteiger partial charge in [0, 0.05) is 14.7 Å². The van der Waals surface area contributed by atoms with Gasteiger partial charge in [-0.15, -0.1) is 0 Å². The van der Waals surface area contributed by atoms with Crippen LogP contribution in [0.2, 0.25) is 0 Å². The van der Waals surface area contributed by atoms with Gasteiger partial charge in [-0.05, 0) is 73.2 Å². The molecule has 3 heteroatoms. The van der Waals surface area contributed by atoms with Gasteiger partial charge in [-0.2, -0.15) is 0 Å². The van der Waals surface area contributed by atoms with Crippen LogP contribution in [0.25, 0.3) is 0 Å². The van der Waals surface area contributed by atoms with Gasteiger partial charge in [-0.25, -0.2) is 4.21 Å². The summed E-state index contributed by atoms with van der Waals surface area (Å²) in [6.45, 7) is 0. The number of fused-ring (bicyclic) bond motifs is 1. The molecule has 126 valence electrons. The Morgan fingerprint density at radius 3 is 2.32 bits per heavy atom. The summed E-state index contributed by atoms with van der Waals surface area (Å²) in [6.07, 6.45) is 4.78. The SMILES string of the molecule is O=S(c1ccc2c(c1)CCCC2)c1ccccc1Sc1ccccc1. The molecular weight excluding hydrogens is 344 g/mol. The van der Waals surface area contributed by atoms with Gasteiger partial charge >= 0.3 is 0 Å². The van der Waals surface area contributed by atoms with Gasteiger partial charge in [-0.3, -0.25) is 0 Å². The molecule has 0 N–H and O–H groups in total. The topological polar surface area (TPSA) is 17.1 Å². The van der Waals surface area contributed by atoms with E-state index in [4.69, 9.17) is 0 Å². The maximum Gasteiger partial charge on any atom is 0.0861 e. The molecule has 0 amide bonds. The van der Waals surface area contributed by atoms with Crippen LogP contribution >= 0.6 is 11.8 Å². The highest BCUT2D eigenvalue weighted by Gasteiger charge is 2.16. The Morgan fingerprint density at radius 2 is 1.48 bits per heavy atom. The van der Waals surface area contributed by atoms with Gasteiger partial charge in [0.15, 0.2) is 0 Å². The standard InChI is InChI=1S/C22H20OS2/c23-25(20-15-14-17-8-4-5-9-18(17)16-20)22-13-7-6-12-21(22)24-19-10-2-1-3-11-19/h1-3,6-7,10-16H,4-5,8-9H2. The zero-order chi connectivity index (χ0) is 17.1. The van der Waals surface area contributed by atoms with Crippen molar-refractivity contribution < 1.29 is 4.21 Å². The van der Waals surface area contributed by atoms with Crippen molar-refractivity contribution in [1.29, 1.82) is 0 Å². The Bertz CT molecular complexity index is 903. The Balaban J connectivity index is 1.66. The third kappa shape index (κ3) is 3.73. The van der Waals surface area contributed by atoms with Gasteiger partial charge in [0.25, 0.3) is 0 Å². The molecule has 0 spiro atoms. The Labute approximate surface area is 155 Å². The molecule has 0 aliphatic heterocycles. The fourth-order valence-corrected chi connectivity index (χ4v) is 5.62. The van der Waals surface area contributed by atoms with Gasteiger partial charge in [0.2, 0.25) is 0 Å². The molecule has 0 bridgehead atoms. The lowest BCUT2D eigenvalue weighted by atomic mass is 9.92. The molecule has 0 saturated heterocycles. The third-order valence-electron chi connectivity index (χ3n) is 4.55. The summed E-state index contributed by atoms with van der Waals surface area (Å²) in [4.78, 5) is 4.04. The number of hydrogen-bond acceptors (Lipinski definition) is 2. The van der Waals surface area contributed by atoms with E-state index >= 15 is 0 Å². The first-order valence-corrected chi connectivity index (χ1v) is 10.6. The first kappa shape index (κ1) is 16.6. The van der Waals surface area contributed by atoms with E-state index in [0.29, 0.717) is 0 Å². The predicted molar refractivity (Wildman–Crippen MR) is 105 cm³/mol. The molecule has 3 aromatic carbocycles. The molecule has 1 aliphatic rings. The Kier molecular flexibility index (Phi) is 5.04. The van der Waals surface area contributed by atoms with Crippen LogP contribution in [-0.4, -0.2) is 4.21 Å². The van der Waals surface area contributed by atoms with Crippen molar-refractivity contribution in [2.24, 2.45) is 0 Å². The maximum absolute atomic E-state index is 13.2. The van der Waals surface area contributed by atoms with Crippen LogP contribution in [0.3, 0.4) is 0 Å². The van der Waals surface area contributed by atoms with Crippen molar-refractivity contribution in [2.45, 2.75) is 45.3 Å². The van der Waals surface area contributed by atoms with E-state index in [1.165, 1.54) is 24.0 Å². The number of benzene rings is 3. The molecule has 1 nitrogen and oxygen atoms in total. The van der Waals surface area contributed by atoms with Crippen LogP contribution in [-0.2, 0) is 23.6 Å². The second-order valence-electron chi connectivity index (χ2n) is 6.27. The van der Waals surface area contributed by atoms with Crippen LogP contribution in [0.4, 0.5) is 0 Å². The fourth-order valence-electron chi connectivity index (χ4n) is 3.26. The molecule has 4 rings (SSSR count). The second kappa shape index (κ2) is 7.59. The third-order valence-corrected chi connectivity index (χ3v) is 7.20. The average molecular weight is 365 g/mol.